The number of nitrogens with zero attached hydrogens (tertiary/aromatic N) is 6. The average molecular weight is 639 g/mol. The van der Waals surface area contributed by atoms with Crippen LogP contribution in [0.15, 0.2) is 131 Å². The van der Waals surface area contributed by atoms with Crippen molar-refractivity contribution in [1.29, 1.82) is 0 Å². The topological polar surface area (TPSA) is 95.6 Å². The third-order valence-electron chi connectivity index (χ3n) is 7.55. The molecule has 0 amide bonds. The van der Waals surface area contributed by atoms with Gasteiger partial charge in [-0.25, -0.2) is 19.3 Å². The van der Waals surface area contributed by atoms with Crippen LogP contribution in [0.1, 0.15) is 54.1 Å². The third kappa shape index (κ3) is 5.88. The van der Waals surface area contributed by atoms with Gasteiger partial charge in [0.2, 0.25) is 10.3 Å². The predicted octanol–water partition coefficient (Wildman–Crippen LogP) is 7.33. The molecular weight excluding hydrogens is 613 g/mol. The Morgan fingerprint density at radius 1 is 0.587 bits per heavy atom. The van der Waals surface area contributed by atoms with Crippen LogP contribution in [-0.4, -0.2) is 41.1 Å². The van der Waals surface area contributed by atoms with E-state index in [2.05, 4.69) is 33.3 Å². The number of ketones is 2. The smallest absolute Gasteiger partial charge is 0.213 e. The van der Waals surface area contributed by atoms with Gasteiger partial charge in [-0.15, -0.1) is 10.2 Å². The minimum Gasteiger partial charge on any atom is -0.289 e. The van der Waals surface area contributed by atoms with E-state index in [4.69, 9.17) is 0 Å². The number of hydrogen-bond donors (Lipinski definition) is 0. The molecule has 10 heteroatoms. The first-order chi connectivity index (χ1) is 22.5. The van der Waals surface area contributed by atoms with Crippen LogP contribution < -0.4 is 0 Å². The zero-order valence-electron chi connectivity index (χ0n) is 24.5. The van der Waals surface area contributed by atoms with Gasteiger partial charge in [-0.3, -0.25) is 9.59 Å². The number of carbonyl (C=O) groups is 2. The molecule has 2 heterocycles. The molecule has 0 unspecified atom stereocenters. The molecule has 1 aliphatic rings. The summed E-state index contributed by atoms with van der Waals surface area (Å²) in [6, 6.07) is 26.8. The number of fused-ring (bicyclic) bond motifs is 2. The summed E-state index contributed by atoms with van der Waals surface area (Å²) in [6.45, 7) is 8.70. The van der Waals surface area contributed by atoms with Crippen LogP contribution in [0.25, 0.3) is 12.2 Å². The fraction of sp³-hybridized carbons (Fsp3) is 0.0556. The second-order valence-electron chi connectivity index (χ2n) is 10.6. The molecule has 8 nitrogen and oxygen atoms in total. The lowest BCUT2D eigenvalue weighted by molar-refractivity contribution is 0.0974. The van der Waals surface area contributed by atoms with Crippen molar-refractivity contribution in [2.24, 2.45) is 0 Å². The monoisotopic (exact) mass is 638 g/mol. The van der Waals surface area contributed by atoms with E-state index >= 15 is 0 Å². The molecule has 0 saturated heterocycles. The maximum Gasteiger partial charge on any atom is 0.213 e. The number of aromatic nitrogens is 6. The van der Waals surface area contributed by atoms with Crippen LogP contribution in [0, 0.1) is 0 Å². The van der Waals surface area contributed by atoms with Gasteiger partial charge < -0.3 is 0 Å². The Morgan fingerprint density at radius 3 is 1.39 bits per heavy atom. The molecule has 46 heavy (non-hydrogen) atoms. The van der Waals surface area contributed by atoms with Gasteiger partial charge in [-0.05, 0) is 57.9 Å². The molecule has 0 radical (unpaired) electrons. The lowest BCUT2D eigenvalue weighted by atomic mass is 9.84. The molecule has 0 N–H and O–H groups in total. The largest absolute Gasteiger partial charge is 0.289 e. The van der Waals surface area contributed by atoms with Gasteiger partial charge in [0.15, 0.2) is 11.6 Å². The van der Waals surface area contributed by atoms with Crippen LogP contribution in [0.5, 0.6) is 0 Å². The highest BCUT2D eigenvalue weighted by Gasteiger charge is 2.34. The number of rotatable bonds is 10. The molecular formula is C36H26N6O2S2. The van der Waals surface area contributed by atoms with Crippen molar-refractivity contribution in [3.63, 3.8) is 0 Å². The lowest BCUT2D eigenvalue weighted by Gasteiger charge is -2.21. The summed E-state index contributed by atoms with van der Waals surface area (Å²) in [5.41, 5.74) is 5.71. The number of benzene rings is 4. The molecule has 4 aromatic carbocycles. The van der Waals surface area contributed by atoms with Crippen molar-refractivity contribution in [1.82, 2.24) is 29.5 Å². The zero-order chi connectivity index (χ0) is 31.6. The molecule has 0 bridgehead atoms. The number of carbonyl (C=O) groups excluding carboxylic acids is 2. The van der Waals surface area contributed by atoms with E-state index in [0.717, 1.165) is 22.3 Å². The quantitative estimate of drug-likeness (QED) is 0.154. The Labute approximate surface area is 273 Å². The fourth-order valence-electron chi connectivity index (χ4n) is 5.24. The summed E-state index contributed by atoms with van der Waals surface area (Å²) in [5.74, 6) is -0.420. The summed E-state index contributed by atoms with van der Waals surface area (Å²) in [6.07, 6.45) is 6.94. The standard InChI is InChI=1S/C36H26N6O2S2/c1-3-23-11-15-25(16-12-23)19-41-21-37-35(39-41)45-29-9-5-7-27-31(29)33(43)28-8-6-10-30(32(28)34(27)44)46-36-38-22-42(40-36)20-26-17-13-24(4-2)14-18-26/h3-18,21-22H,1-2,19-20H2. The van der Waals surface area contributed by atoms with Gasteiger partial charge in [-0.1, -0.05) is 98.1 Å². The van der Waals surface area contributed by atoms with Crippen molar-refractivity contribution in [2.45, 2.75) is 33.2 Å². The van der Waals surface area contributed by atoms with Crippen molar-refractivity contribution >= 4 is 47.2 Å². The van der Waals surface area contributed by atoms with Crippen LogP contribution >= 0.6 is 23.5 Å². The Bertz CT molecular complexity index is 1980. The normalized spacial score (nSPS) is 12.1. The summed E-state index contributed by atoms with van der Waals surface area (Å²) < 4.78 is 3.50. The van der Waals surface area contributed by atoms with Crippen LogP contribution in [-0.2, 0) is 13.1 Å². The molecule has 7 rings (SSSR count). The van der Waals surface area contributed by atoms with Crippen molar-refractivity contribution < 1.29 is 9.59 Å². The van der Waals surface area contributed by atoms with Crippen molar-refractivity contribution in [2.75, 3.05) is 0 Å². The molecule has 224 valence electrons. The summed E-state index contributed by atoms with van der Waals surface area (Å²) >= 11 is 2.54. The highest BCUT2D eigenvalue weighted by molar-refractivity contribution is 7.99. The van der Waals surface area contributed by atoms with E-state index in [1.165, 1.54) is 23.5 Å². The summed E-state index contributed by atoms with van der Waals surface area (Å²) in [5, 5.41) is 10.2. The van der Waals surface area contributed by atoms with E-state index in [0.29, 0.717) is 55.4 Å². The zero-order valence-corrected chi connectivity index (χ0v) is 26.2. The van der Waals surface area contributed by atoms with Crippen molar-refractivity contribution in [3.8, 4) is 0 Å². The minimum atomic E-state index is -0.210. The van der Waals surface area contributed by atoms with Gasteiger partial charge in [0.1, 0.15) is 12.7 Å². The van der Waals surface area contributed by atoms with E-state index in [1.54, 1.807) is 58.4 Å². The Kier molecular flexibility index (Phi) is 8.04. The fourth-order valence-corrected chi connectivity index (χ4v) is 7.03. The van der Waals surface area contributed by atoms with Crippen LogP contribution in [0.3, 0.4) is 0 Å². The lowest BCUT2D eigenvalue weighted by Crippen LogP contribution is -2.22. The van der Waals surface area contributed by atoms with Gasteiger partial charge in [-0.2, -0.15) is 0 Å². The molecule has 0 aliphatic heterocycles. The highest BCUT2D eigenvalue weighted by Crippen LogP contribution is 2.40. The summed E-state index contributed by atoms with van der Waals surface area (Å²) in [4.78, 5) is 38.1. The molecule has 2 aromatic heterocycles. The molecule has 0 spiro atoms. The minimum absolute atomic E-state index is 0.210. The van der Waals surface area contributed by atoms with E-state index in [1.807, 2.05) is 60.7 Å². The Hall–Kier alpha value is -5.32. The van der Waals surface area contributed by atoms with E-state index in [-0.39, 0.29) is 11.6 Å². The predicted molar refractivity (Wildman–Crippen MR) is 179 cm³/mol. The Balaban J connectivity index is 1.11. The molecule has 0 atom stereocenters. The van der Waals surface area contributed by atoms with E-state index < -0.39 is 0 Å². The highest BCUT2D eigenvalue weighted by atomic mass is 32.2. The maximum absolute atomic E-state index is 14.0. The first-order valence-electron chi connectivity index (χ1n) is 14.4. The molecule has 0 saturated carbocycles. The SMILES string of the molecule is C=Cc1ccc(Cn2cnc(Sc3cccc4c3C(=O)c3cccc(Sc5ncn(Cc6ccc(C=C)cc6)n5)c3C4=O)n2)cc1. The first-order valence-corrected chi connectivity index (χ1v) is 16.0. The van der Waals surface area contributed by atoms with Crippen LogP contribution in [0.2, 0.25) is 0 Å². The van der Waals surface area contributed by atoms with Crippen molar-refractivity contribution in [3.05, 3.63) is 155 Å². The second kappa shape index (κ2) is 12.6. The van der Waals surface area contributed by atoms with Gasteiger partial charge >= 0.3 is 0 Å². The van der Waals surface area contributed by atoms with Gasteiger partial charge in [0, 0.05) is 32.0 Å². The second-order valence-corrected chi connectivity index (χ2v) is 12.6. The van der Waals surface area contributed by atoms with Crippen LogP contribution in [0.4, 0.5) is 0 Å². The number of hydrogen-bond acceptors (Lipinski definition) is 8. The van der Waals surface area contributed by atoms with E-state index in [9.17, 15) is 9.59 Å². The average Bonchev–Trinajstić information content (AvgIpc) is 3.72. The molecule has 0 fully saturated rings. The first kappa shape index (κ1) is 29.4. The molecule has 6 aromatic rings. The van der Waals surface area contributed by atoms with Gasteiger partial charge in [0.05, 0.1) is 13.1 Å². The molecule has 1 aliphatic carbocycles. The third-order valence-corrected chi connectivity index (χ3v) is 9.41. The maximum atomic E-state index is 14.0. The summed E-state index contributed by atoms with van der Waals surface area (Å²) in [7, 11) is 0. The van der Waals surface area contributed by atoms with Gasteiger partial charge in [0.25, 0.3) is 0 Å². The Morgan fingerprint density at radius 2 is 1.00 bits per heavy atom.